The van der Waals surface area contributed by atoms with Crippen molar-refractivity contribution in [2.75, 3.05) is 16.0 Å². The summed E-state index contributed by atoms with van der Waals surface area (Å²) in [6.07, 6.45) is -4.32. The molecule has 0 spiro atoms. The minimum atomic E-state index is -4.18. The molecule has 2 amide bonds. The zero-order chi connectivity index (χ0) is 20.3. The second-order valence-electron chi connectivity index (χ2n) is 5.97. The summed E-state index contributed by atoms with van der Waals surface area (Å²) in [5.41, 5.74) is -1.37. The van der Waals surface area contributed by atoms with Crippen molar-refractivity contribution in [3.63, 3.8) is 0 Å². The molecule has 0 aromatic heterocycles. The molecule has 1 heterocycles. The summed E-state index contributed by atoms with van der Waals surface area (Å²) in [4.78, 5) is 24.3. The van der Waals surface area contributed by atoms with E-state index in [1.807, 2.05) is 0 Å². The van der Waals surface area contributed by atoms with Crippen LogP contribution in [-0.4, -0.2) is 29.6 Å². The van der Waals surface area contributed by atoms with Crippen molar-refractivity contribution in [2.45, 2.75) is 24.2 Å². The van der Waals surface area contributed by atoms with E-state index in [-0.39, 0.29) is 18.1 Å². The van der Waals surface area contributed by atoms with E-state index in [2.05, 4.69) is 20.7 Å². The van der Waals surface area contributed by atoms with Crippen molar-refractivity contribution in [1.29, 1.82) is 0 Å². The molecule has 2 atom stereocenters. The first-order chi connectivity index (χ1) is 13.2. The fourth-order valence-corrected chi connectivity index (χ4v) is 2.58. The number of carbonyl (C=O) groups is 2. The van der Waals surface area contributed by atoms with Crippen LogP contribution in [0, 0.1) is 0 Å². The Morgan fingerprint density at radius 3 is 2.46 bits per heavy atom. The summed E-state index contributed by atoms with van der Waals surface area (Å²) in [6, 6.07) is 11.2. The van der Waals surface area contributed by atoms with Crippen LogP contribution in [0.15, 0.2) is 48.5 Å². The van der Waals surface area contributed by atoms with Gasteiger partial charge in [-0.3, -0.25) is 9.59 Å². The van der Waals surface area contributed by atoms with Gasteiger partial charge in [0.1, 0.15) is 11.8 Å². The van der Waals surface area contributed by atoms with Crippen LogP contribution in [0.4, 0.5) is 30.2 Å². The highest BCUT2D eigenvalue weighted by Crippen LogP contribution is 2.30. The maximum absolute atomic E-state index is 13.1. The quantitative estimate of drug-likeness (QED) is 0.626. The minimum absolute atomic E-state index is 0.147. The SMILES string of the molecule is O=C(C[C@H]1Nc2ccccc2NC1=O)Nc1ccc(OC(F)(F)[C@@H](F)Cl)cc1. The average Bonchev–Trinajstić information content (AvgIpc) is 2.63. The lowest BCUT2D eigenvalue weighted by molar-refractivity contribution is -0.199. The third-order valence-corrected chi connectivity index (χ3v) is 4.12. The molecule has 0 aliphatic carbocycles. The van der Waals surface area contributed by atoms with Crippen LogP contribution in [0.25, 0.3) is 0 Å². The van der Waals surface area contributed by atoms with Crippen molar-refractivity contribution in [2.24, 2.45) is 0 Å². The van der Waals surface area contributed by atoms with Gasteiger partial charge in [0.05, 0.1) is 17.8 Å². The summed E-state index contributed by atoms with van der Waals surface area (Å²) in [6.45, 7) is 0. The Balaban J connectivity index is 1.57. The van der Waals surface area contributed by atoms with E-state index < -0.39 is 23.7 Å². The number of benzene rings is 2. The number of hydrogen-bond acceptors (Lipinski definition) is 4. The standard InChI is InChI=1S/C18H15ClF3N3O3/c19-17(20)18(21,22)28-11-7-5-10(6-8-11)23-15(26)9-14-16(27)25-13-4-2-1-3-12(13)24-14/h1-8,14,17,24H,9H2,(H,23,26)(H,25,27)/t14-,17-/m1/s1. The number of anilines is 3. The average molecular weight is 414 g/mol. The third kappa shape index (κ3) is 4.66. The van der Waals surface area contributed by atoms with Gasteiger partial charge in [0, 0.05) is 5.69 Å². The first-order valence-electron chi connectivity index (χ1n) is 8.16. The van der Waals surface area contributed by atoms with E-state index in [1.165, 1.54) is 12.1 Å². The second kappa shape index (κ2) is 7.97. The molecule has 1 aliphatic rings. The van der Waals surface area contributed by atoms with Gasteiger partial charge in [-0.1, -0.05) is 23.7 Å². The van der Waals surface area contributed by atoms with Crippen LogP contribution in [0.1, 0.15) is 6.42 Å². The van der Waals surface area contributed by atoms with Gasteiger partial charge in [0.2, 0.25) is 11.8 Å². The summed E-state index contributed by atoms with van der Waals surface area (Å²) in [7, 11) is 0. The van der Waals surface area contributed by atoms with Gasteiger partial charge in [-0.2, -0.15) is 8.78 Å². The molecule has 3 N–H and O–H groups in total. The third-order valence-electron chi connectivity index (χ3n) is 3.87. The molecular formula is C18H15ClF3N3O3. The lowest BCUT2D eigenvalue weighted by Crippen LogP contribution is -2.41. The number of fused-ring (bicyclic) bond motifs is 1. The Hall–Kier alpha value is -2.94. The fraction of sp³-hybridized carbons (Fsp3) is 0.222. The maximum atomic E-state index is 13.1. The molecule has 10 heteroatoms. The Morgan fingerprint density at radius 1 is 1.18 bits per heavy atom. The van der Waals surface area contributed by atoms with Gasteiger partial charge in [-0.05, 0) is 36.4 Å². The van der Waals surface area contributed by atoms with E-state index >= 15 is 0 Å². The van der Waals surface area contributed by atoms with E-state index in [0.29, 0.717) is 17.1 Å². The molecule has 148 valence electrons. The maximum Gasteiger partial charge on any atom is 0.444 e. The first-order valence-corrected chi connectivity index (χ1v) is 8.59. The molecular weight excluding hydrogens is 399 g/mol. The number of nitrogens with one attached hydrogen (secondary N) is 3. The molecule has 2 aromatic rings. The van der Waals surface area contributed by atoms with Gasteiger partial charge in [0.15, 0.2) is 0 Å². The summed E-state index contributed by atoms with van der Waals surface area (Å²) >= 11 is 4.72. The number of alkyl halides is 4. The first kappa shape index (κ1) is 19.8. The van der Waals surface area contributed by atoms with Crippen molar-refractivity contribution in [3.05, 3.63) is 48.5 Å². The molecule has 0 unspecified atom stereocenters. The fourth-order valence-electron chi connectivity index (χ4n) is 2.54. The van der Waals surface area contributed by atoms with E-state index in [1.54, 1.807) is 24.3 Å². The monoisotopic (exact) mass is 413 g/mol. The van der Waals surface area contributed by atoms with Gasteiger partial charge in [-0.25, -0.2) is 4.39 Å². The predicted molar refractivity (Wildman–Crippen MR) is 98.5 cm³/mol. The van der Waals surface area contributed by atoms with Crippen LogP contribution in [-0.2, 0) is 9.59 Å². The smallest absolute Gasteiger partial charge is 0.429 e. The normalized spacial score (nSPS) is 17.0. The number of carbonyl (C=O) groups excluding carboxylic acids is 2. The van der Waals surface area contributed by atoms with Crippen molar-refractivity contribution < 1.29 is 27.5 Å². The largest absolute Gasteiger partial charge is 0.444 e. The van der Waals surface area contributed by atoms with Crippen LogP contribution in [0.3, 0.4) is 0 Å². The topological polar surface area (TPSA) is 79.5 Å². The van der Waals surface area contributed by atoms with Gasteiger partial charge in [-0.15, -0.1) is 0 Å². The molecule has 0 fully saturated rings. The van der Waals surface area contributed by atoms with Crippen molar-refractivity contribution in [3.8, 4) is 5.75 Å². The lowest BCUT2D eigenvalue weighted by atomic mass is 10.1. The molecule has 2 aromatic carbocycles. The zero-order valence-electron chi connectivity index (χ0n) is 14.2. The predicted octanol–water partition coefficient (Wildman–Crippen LogP) is 3.95. The van der Waals surface area contributed by atoms with Gasteiger partial charge < -0.3 is 20.7 Å². The van der Waals surface area contributed by atoms with E-state index in [0.717, 1.165) is 12.1 Å². The zero-order valence-corrected chi connectivity index (χ0v) is 15.0. The van der Waals surface area contributed by atoms with Crippen LogP contribution in [0.5, 0.6) is 5.75 Å². The summed E-state index contributed by atoms with van der Waals surface area (Å²) < 4.78 is 42.9. The molecule has 1 aliphatic heterocycles. The van der Waals surface area contributed by atoms with E-state index in [9.17, 15) is 22.8 Å². The van der Waals surface area contributed by atoms with E-state index in [4.69, 9.17) is 11.6 Å². The highest BCUT2D eigenvalue weighted by atomic mass is 35.5. The Bertz CT molecular complexity index is 878. The van der Waals surface area contributed by atoms with Crippen molar-refractivity contribution >= 4 is 40.5 Å². The Kier molecular flexibility index (Phi) is 5.64. The molecule has 0 saturated heterocycles. The summed E-state index contributed by atoms with van der Waals surface area (Å²) in [5.74, 6) is -1.13. The van der Waals surface area contributed by atoms with Crippen LogP contribution < -0.4 is 20.7 Å². The second-order valence-corrected chi connectivity index (χ2v) is 6.36. The molecule has 0 radical (unpaired) electrons. The number of halogens is 4. The van der Waals surface area contributed by atoms with Crippen LogP contribution >= 0.6 is 11.6 Å². The number of rotatable bonds is 6. The molecule has 28 heavy (non-hydrogen) atoms. The Labute approximate surface area is 163 Å². The lowest BCUT2D eigenvalue weighted by Gasteiger charge is -2.26. The number of amides is 2. The number of para-hydroxylation sites is 2. The van der Waals surface area contributed by atoms with Crippen LogP contribution in [0.2, 0.25) is 0 Å². The van der Waals surface area contributed by atoms with Gasteiger partial charge >= 0.3 is 6.11 Å². The minimum Gasteiger partial charge on any atom is -0.429 e. The molecule has 0 bridgehead atoms. The number of ether oxygens (including phenoxy) is 1. The highest BCUT2D eigenvalue weighted by molar-refractivity contribution is 6.20. The highest BCUT2D eigenvalue weighted by Gasteiger charge is 2.42. The molecule has 3 rings (SSSR count). The summed E-state index contributed by atoms with van der Waals surface area (Å²) in [5, 5.41) is 8.24. The van der Waals surface area contributed by atoms with Gasteiger partial charge in [0.25, 0.3) is 5.63 Å². The Morgan fingerprint density at radius 2 is 1.82 bits per heavy atom. The molecule has 0 saturated carbocycles. The number of hydrogen-bond donors (Lipinski definition) is 3. The molecule has 6 nitrogen and oxygen atoms in total. The van der Waals surface area contributed by atoms with Crippen molar-refractivity contribution in [1.82, 2.24) is 0 Å².